The van der Waals surface area contributed by atoms with Crippen molar-refractivity contribution in [3.05, 3.63) is 71.8 Å². The summed E-state index contributed by atoms with van der Waals surface area (Å²) in [6.45, 7) is 2.87. The van der Waals surface area contributed by atoms with E-state index in [4.69, 9.17) is 14.2 Å². The zero-order valence-corrected chi connectivity index (χ0v) is 18.2. The van der Waals surface area contributed by atoms with E-state index in [1.54, 1.807) is 25.3 Å². The van der Waals surface area contributed by atoms with Gasteiger partial charge in [0.25, 0.3) is 5.91 Å². The molecule has 5 rings (SSSR count). The first-order valence-corrected chi connectivity index (χ1v) is 10.5. The van der Waals surface area contributed by atoms with Crippen molar-refractivity contribution in [3.63, 3.8) is 0 Å². The number of carbonyl (C=O) groups excluding carboxylic acids is 1. The maximum atomic E-state index is 12.8. The van der Waals surface area contributed by atoms with Gasteiger partial charge in [0.05, 0.1) is 23.9 Å². The summed E-state index contributed by atoms with van der Waals surface area (Å²) in [6, 6.07) is 20.7. The van der Waals surface area contributed by atoms with Crippen LogP contribution in [0.2, 0.25) is 0 Å². The van der Waals surface area contributed by atoms with Gasteiger partial charge in [0.1, 0.15) is 11.8 Å². The molecular formula is C26H21N3O4. The average molecular weight is 439 g/mol. The molecule has 0 spiro atoms. The lowest BCUT2D eigenvalue weighted by molar-refractivity contribution is 0.102. The summed E-state index contributed by atoms with van der Waals surface area (Å²) in [4.78, 5) is 12.8. The Kier molecular flexibility index (Phi) is 5.11. The van der Waals surface area contributed by atoms with Crippen LogP contribution < -0.4 is 19.5 Å². The molecule has 1 N–H and O–H groups in total. The number of carbonyl (C=O) groups is 1. The number of anilines is 1. The number of aromatic nitrogens is 1. The van der Waals surface area contributed by atoms with Gasteiger partial charge in [-0.05, 0) is 49.4 Å². The van der Waals surface area contributed by atoms with E-state index in [1.807, 2.05) is 49.4 Å². The minimum Gasteiger partial charge on any atom is -0.497 e. The van der Waals surface area contributed by atoms with Gasteiger partial charge in [0.2, 0.25) is 6.79 Å². The van der Waals surface area contributed by atoms with E-state index in [1.165, 1.54) is 0 Å². The highest BCUT2D eigenvalue weighted by Gasteiger charge is 2.20. The smallest absolute Gasteiger partial charge is 0.255 e. The molecule has 0 atom stereocenters. The fourth-order valence-corrected chi connectivity index (χ4v) is 4.18. The zero-order valence-electron chi connectivity index (χ0n) is 18.2. The van der Waals surface area contributed by atoms with Gasteiger partial charge in [-0.1, -0.05) is 12.1 Å². The van der Waals surface area contributed by atoms with E-state index in [-0.39, 0.29) is 12.7 Å². The van der Waals surface area contributed by atoms with E-state index in [0.717, 1.165) is 27.9 Å². The minimum absolute atomic E-state index is 0.154. The number of nitrogens with zero attached hydrogens (tertiary/aromatic N) is 2. The Morgan fingerprint density at radius 1 is 1.12 bits per heavy atom. The lowest BCUT2D eigenvalue weighted by atomic mass is 10.1. The first-order valence-electron chi connectivity index (χ1n) is 10.5. The SMILES string of the molecule is CCn1c(-c2cccc(NC(=O)c3ccc4c(c3)OCO4)c2)c(C#N)c2ccc(OC)cc21. The lowest BCUT2D eigenvalue weighted by Crippen LogP contribution is -2.11. The van der Waals surface area contributed by atoms with Crippen molar-refractivity contribution in [2.24, 2.45) is 0 Å². The number of amides is 1. The van der Waals surface area contributed by atoms with Crippen molar-refractivity contribution in [2.75, 3.05) is 19.2 Å². The summed E-state index contributed by atoms with van der Waals surface area (Å²) in [5.41, 5.74) is 4.27. The van der Waals surface area contributed by atoms with Crippen LogP contribution in [0.3, 0.4) is 0 Å². The van der Waals surface area contributed by atoms with E-state index >= 15 is 0 Å². The van der Waals surface area contributed by atoms with Gasteiger partial charge in [-0.2, -0.15) is 5.26 Å². The quantitative estimate of drug-likeness (QED) is 0.463. The van der Waals surface area contributed by atoms with Crippen molar-refractivity contribution in [3.8, 4) is 34.6 Å². The van der Waals surface area contributed by atoms with Gasteiger partial charge >= 0.3 is 0 Å². The summed E-state index contributed by atoms with van der Waals surface area (Å²) >= 11 is 0. The summed E-state index contributed by atoms with van der Waals surface area (Å²) in [7, 11) is 1.62. The lowest BCUT2D eigenvalue weighted by Gasteiger charge is -2.11. The molecule has 0 fully saturated rings. The molecule has 0 saturated carbocycles. The molecule has 4 aromatic rings. The first kappa shape index (κ1) is 20.5. The fourth-order valence-electron chi connectivity index (χ4n) is 4.18. The van der Waals surface area contributed by atoms with E-state index < -0.39 is 0 Å². The molecule has 3 aromatic carbocycles. The Balaban J connectivity index is 1.53. The van der Waals surface area contributed by atoms with Crippen molar-refractivity contribution in [1.29, 1.82) is 5.26 Å². The largest absolute Gasteiger partial charge is 0.497 e. The van der Waals surface area contributed by atoms with E-state index in [9.17, 15) is 10.1 Å². The number of rotatable bonds is 5. The predicted molar refractivity (Wildman–Crippen MR) is 125 cm³/mol. The standard InChI is InChI=1S/C26H21N3O4/c1-3-29-22-13-19(31-2)8-9-20(22)21(14-27)25(29)16-5-4-6-18(11-16)28-26(30)17-7-10-23-24(12-17)33-15-32-23/h4-13H,3,15H2,1-2H3,(H,28,30). The topological polar surface area (TPSA) is 85.5 Å². The molecule has 1 amide bonds. The maximum Gasteiger partial charge on any atom is 0.255 e. The van der Waals surface area contributed by atoms with E-state index in [2.05, 4.69) is 16.0 Å². The molecule has 1 aromatic heterocycles. The van der Waals surface area contributed by atoms with Gasteiger partial charge in [-0.25, -0.2) is 0 Å². The number of benzene rings is 3. The number of aryl methyl sites for hydroxylation is 1. The molecule has 0 bridgehead atoms. The number of methoxy groups -OCH3 is 1. The number of hydrogen-bond acceptors (Lipinski definition) is 5. The molecule has 2 heterocycles. The third-order valence-corrected chi connectivity index (χ3v) is 5.73. The van der Waals surface area contributed by atoms with Crippen LogP contribution >= 0.6 is 0 Å². The number of nitriles is 1. The normalized spacial score (nSPS) is 11.9. The van der Waals surface area contributed by atoms with Crippen molar-refractivity contribution in [2.45, 2.75) is 13.5 Å². The van der Waals surface area contributed by atoms with Crippen molar-refractivity contribution in [1.82, 2.24) is 4.57 Å². The van der Waals surface area contributed by atoms with Crippen LogP contribution in [0, 0.1) is 11.3 Å². The summed E-state index contributed by atoms with van der Waals surface area (Å²) in [5.74, 6) is 1.65. The fraction of sp³-hybridized carbons (Fsp3) is 0.154. The molecular weight excluding hydrogens is 418 g/mol. The van der Waals surface area contributed by atoms with Gasteiger partial charge in [0, 0.05) is 34.8 Å². The number of fused-ring (bicyclic) bond motifs is 2. The minimum atomic E-state index is -0.258. The van der Waals surface area contributed by atoms with Crippen LogP contribution in [-0.2, 0) is 6.54 Å². The highest BCUT2D eigenvalue weighted by Crippen LogP contribution is 2.36. The molecule has 0 unspecified atom stereocenters. The Bertz CT molecular complexity index is 1430. The molecule has 0 saturated heterocycles. The van der Waals surface area contributed by atoms with Crippen molar-refractivity contribution < 1.29 is 19.0 Å². The summed E-state index contributed by atoms with van der Waals surface area (Å²) < 4.78 is 18.2. The third kappa shape index (κ3) is 3.52. The number of nitrogens with one attached hydrogen (secondary N) is 1. The Morgan fingerprint density at radius 2 is 1.97 bits per heavy atom. The molecule has 1 aliphatic heterocycles. The number of ether oxygens (including phenoxy) is 3. The van der Waals surface area contributed by atoms with Crippen LogP contribution in [0.5, 0.6) is 17.2 Å². The van der Waals surface area contributed by atoms with Crippen LogP contribution in [0.15, 0.2) is 60.7 Å². The molecule has 1 aliphatic rings. The van der Waals surface area contributed by atoms with E-state index in [0.29, 0.717) is 34.9 Å². The molecule has 0 radical (unpaired) electrons. The second kappa shape index (κ2) is 8.24. The molecule has 164 valence electrons. The van der Waals surface area contributed by atoms with Crippen LogP contribution in [-0.4, -0.2) is 24.4 Å². The first-order chi connectivity index (χ1) is 16.1. The summed E-state index contributed by atoms with van der Waals surface area (Å²) in [5, 5.41) is 13.8. The van der Waals surface area contributed by atoms with Crippen LogP contribution in [0.1, 0.15) is 22.8 Å². The maximum absolute atomic E-state index is 12.8. The van der Waals surface area contributed by atoms with Crippen molar-refractivity contribution >= 4 is 22.5 Å². The number of hydrogen-bond donors (Lipinski definition) is 1. The molecule has 7 heteroatoms. The second-order valence-corrected chi connectivity index (χ2v) is 7.57. The van der Waals surface area contributed by atoms with Gasteiger partial charge in [-0.3, -0.25) is 4.79 Å². The zero-order chi connectivity index (χ0) is 22.9. The molecule has 0 aliphatic carbocycles. The Morgan fingerprint density at radius 3 is 2.76 bits per heavy atom. The molecule has 33 heavy (non-hydrogen) atoms. The van der Waals surface area contributed by atoms with Gasteiger partial charge in [0.15, 0.2) is 11.5 Å². The summed E-state index contributed by atoms with van der Waals surface area (Å²) in [6.07, 6.45) is 0. The van der Waals surface area contributed by atoms with Gasteiger partial charge in [-0.15, -0.1) is 0 Å². The third-order valence-electron chi connectivity index (χ3n) is 5.73. The highest BCUT2D eigenvalue weighted by molar-refractivity contribution is 6.05. The predicted octanol–water partition coefficient (Wildman–Crippen LogP) is 5.19. The second-order valence-electron chi connectivity index (χ2n) is 7.57. The highest BCUT2D eigenvalue weighted by atomic mass is 16.7. The Hall–Kier alpha value is -4.44. The van der Waals surface area contributed by atoms with Crippen LogP contribution in [0.25, 0.3) is 22.2 Å². The monoisotopic (exact) mass is 439 g/mol. The molecule has 7 nitrogen and oxygen atoms in total. The van der Waals surface area contributed by atoms with Gasteiger partial charge < -0.3 is 24.1 Å². The Labute approximate surface area is 190 Å². The van der Waals surface area contributed by atoms with Crippen LogP contribution in [0.4, 0.5) is 5.69 Å². The average Bonchev–Trinajstić information content (AvgIpc) is 3.44.